The van der Waals surface area contributed by atoms with Crippen molar-refractivity contribution in [1.82, 2.24) is 19.6 Å². The summed E-state index contributed by atoms with van der Waals surface area (Å²) in [6, 6.07) is 18.1. The fourth-order valence-corrected chi connectivity index (χ4v) is 2.71. The lowest BCUT2D eigenvalue weighted by molar-refractivity contribution is -0.159. The molecular formula is C24H24N6O6. The third-order valence-electron chi connectivity index (χ3n) is 4.47. The van der Waals surface area contributed by atoms with Crippen LogP contribution in [0.25, 0.3) is 0 Å². The molecule has 2 heterocycles. The highest BCUT2D eigenvalue weighted by atomic mass is 16.4. The number of carboxylic acids is 2. The van der Waals surface area contributed by atoms with E-state index in [9.17, 15) is 9.59 Å². The average molecular weight is 492 g/mol. The lowest BCUT2D eigenvalue weighted by Gasteiger charge is -2.02. The second-order valence-electron chi connectivity index (χ2n) is 7.14. The van der Waals surface area contributed by atoms with Crippen molar-refractivity contribution in [1.29, 1.82) is 0 Å². The van der Waals surface area contributed by atoms with Gasteiger partial charge in [0.25, 0.3) is 0 Å². The fraction of sp³-hybridized carbons (Fsp3) is 0.0833. The molecule has 36 heavy (non-hydrogen) atoms. The molecule has 4 aromatic rings. The minimum absolute atomic E-state index is 0.402. The third kappa shape index (κ3) is 9.31. The summed E-state index contributed by atoms with van der Waals surface area (Å²) in [5.41, 5.74) is 13.5. The van der Waals surface area contributed by atoms with Gasteiger partial charge in [-0.3, -0.25) is 19.0 Å². The first kappa shape index (κ1) is 27.0. The van der Waals surface area contributed by atoms with Gasteiger partial charge in [0.15, 0.2) is 0 Å². The summed E-state index contributed by atoms with van der Waals surface area (Å²) in [5, 5.41) is 23.0. The Kier molecular flexibility index (Phi) is 10.1. The van der Waals surface area contributed by atoms with Crippen LogP contribution in [0.3, 0.4) is 0 Å². The molecule has 2 aromatic carbocycles. The molecule has 0 bridgehead atoms. The normalized spacial score (nSPS) is 9.67. The summed E-state index contributed by atoms with van der Waals surface area (Å²) < 4.78 is 3.64. The number of aliphatic carboxylic acids is 2. The molecule has 0 aliphatic rings. The molecule has 0 atom stereocenters. The highest BCUT2D eigenvalue weighted by Gasteiger charge is 2.04. The standard InChI is InChI=1S/2C11H11N3O.C2H2O4/c2*12-11(15)10-4-2-9(3-5-10)8-14-7-1-6-13-14;3-1(4)2(5)6/h2*1-7H,8H2,(H2,12,15);(H,3,4)(H,5,6). The Bertz CT molecular complexity index is 1170. The Hall–Kier alpha value is -5.26. The minimum atomic E-state index is -1.82. The predicted octanol–water partition coefficient (Wildman–Crippen LogP) is 1.22. The van der Waals surface area contributed by atoms with E-state index in [1.807, 2.05) is 58.2 Å². The number of amides is 2. The van der Waals surface area contributed by atoms with Crippen molar-refractivity contribution in [2.75, 3.05) is 0 Å². The second kappa shape index (κ2) is 13.4. The molecular weight excluding hydrogens is 468 g/mol. The predicted molar refractivity (Wildman–Crippen MR) is 128 cm³/mol. The number of carbonyl (C=O) groups is 4. The fourth-order valence-electron chi connectivity index (χ4n) is 2.71. The number of primary amides is 2. The molecule has 186 valence electrons. The Morgan fingerprint density at radius 3 is 1.19 bits per heavy atom. The van der Waals surface area contributed by atoms with E-state index in [1.165, 1.54) is 0 Å². The van der Waals surface area contributed by atoms with Gasteiger partial charge in [0.05, 0.1) is 13.1 Å². The molecule has 0 aliphatic heterocycles. The van der Waals surface area contributed by atoms with Gasteiger partial charge in [-0.2, -0.15) is 10.2 Å². The maximum absolute atomic E-state index is 10.8. The van der Waals surface area contributed by atoms with Gasteiger partial charge in [-0.1, -0.05) is 24.3 Å². The monoisotopic (exact) mass is 492 g/mol. The summed E-state index contributed by atoms with van der Waals surface area (Å²) in [6.07, 6.45) is 7.25. The zero-order chi connectivity index (χ0) is 26.5. The maximum atomic E-state index is 10.8. The Labute approximate surface area is 205 Å². The van der Waals surface area contributed by atoms with Crippen molar-refractivity contribution < 1.29 is 29.4 Å². The molecule has 0 aliphatic carbocycles. The van der Waals surface area contributed by atoms with Crippen LogP contribution >= 0.6 is 0 Å². The smallest absolute Gasteiger partial charge is 0.414 e. The van der Waals surface area contributed by atoms with E-state index in [1.54, 1.807) is 36.7 Å². The van der Waals surface area contributed by atoms with Crippen molar-refractivity contribution in [3.8, 4) is 0 Å². The highest BCUT2D eigenvalue weighted by Crippen LogP contribution is 2.06. The van der Waals surface area contributed by atoms with Gasteiger partial charge in [0.2, 0.25) is 11.8 Å². The largest absolute Gasteiger partial charge is 0.473 e. The zero-order valence-corrected chi connectivity index (χ0v) is 19.0. The Morgan fingerprint density at radius 1 is 0.639 bits per heavy atom. The van der Waals surface area contributed by atoms with Gasteiger partial charge >= 0.3 is 11.9 Å². The number of nitrogens with two attached hydrogens (primary N) is 2. The number of hydrogen-bond donors (Lipinski definition) is 4. The first-order chi connectivity index (χ1) is 17.2. The van der Waals surface area contributed by atoms with Crippen LogP contribution in [0, 0.1) is 0 Å². The van der Waals surface area contributed by atoms with Crippen molar-refractivity contribution in [2.45, 2.75) is 13.1 Å². The van der Waals surface area contributed by atoms with Crippen molar-refractivity contribution >= 4 is 23.8 Å². The molecule has 2 aromatic heterocycles. The summed E-state index contributed by atoms with van der Waals surface area (Å²) in [5.74, 6) is -4.45. The van der Waals surface area contributed by atoms with E-state index < -0.39 is 23.8 Å². The topological polar surface area (TPSA) is 196 Å². The number of rotatable bonds is 6. The molecule has 6 N–H and O–H groups in total. The number of benzene rings is 2. The first-order valence-electron chi connectivity index (χ1n) is 10.3. The van der Waals surface area contributed by atoms with Gasteiger partial charge < -0.3 is 21.7 Å². The van der Waals surface area contributed by atoms with Gasteiger partial charge in [-0.05, 0) is 47.5 Å². The summed E-state index contributed by atoms with van der Waals surface area (Å²) in [7, 11) is 0. The van der Waals surface area contributed by atoms with Crippen LogP contribution in [0.1, 0.15) is 31.8 Å². The van der Waals surface area contributed by atoms with Gasteiger partial charge in [-0.25, -0.2) is 9.59 Å². The molecule has 0 spiro atoms. The lowest BCUT2D eigenvalue weighted by atomic mass is 10.1. The zero-order valence-electron chi connectivity index (χ0n) is 19.0. The molecule has 0 fully saturated rings. The SMILES string of the molecule is NC(=O)c1ccc(Cn2cccn2)cc1.NC(=O)c1ccc(Cn2cccn2)cc1.O=C(O)C(=O)O. The lowest BCUT2D eigenvalue weighted by Crippen LogP contribution is -2.10. The molecule has 0 radical (unpaired) electrons. The molecule has 2 amide bonds. The van der Waals surface area contributed by atoms with E-state index in [0.717, 1.165) is 11.1 Å². The molecule has 0 saturated heterocycles. The number of carboxylic acid groups (broad SMARTS) is 2. The summed E-state index contributed by atoms with van der Waals surface area (Å²) in [4.78, 5) is 39.9. The van der Waals surface area contributed by atoms with Crippen LogP contribution in [0.2, 0.25) is 0 Å². The molecule has 0 saturated carbocycles. The van der Waals surface area contributed by atoms with E-state index >= 15 is 0 Å². The van der Waals surface area contributed by atoms with Crippen LogP contribution in [0.15, 0.2) is 85.5 Å². The Morgan fingerprint density at radius 2 is 0.972 bits per heavy atom. The second-order valence-corrected chi connectivity index (χ2v) is 7.14. The molecule has 12 heteroatoms. The number of hydrogen-bond acceptors (Lipinski definition) is 6. The van der Waals surface area contributed by atoms with E-state index in [2.05, 4.69) is 10.2 Å². The van der Waals surface area contributed by atoms with Crippen LogP contribution < -0.4 is 11.5 Å². The van der Waals surface area contributed by atoms with Gasteiger partial charge in [0, 0.05) is 35.9 Å². The maximum Gasteiger partial charge on any atom is 0.414 e. The third-order valence-corrected chi connectivity index (χ3v) is 4.47. The van der Waals surface area contributed by atoms with Crippen LogP contribution in [0.4, 0.5) is 0 Å². The van der Waals surface area contributed by atoms with Crippen molar-refractivity contribution in [2.24, 2.45) is 11.5 Å². The van der Waals surface area contributed by atoms with Gasteiger partial charge in [0.1, 0.15) is 0 Å². The average Bonchev–Trinajstić information content (AvgIpc) is 3.55. The Balaban J connectivity index is 0.000000208. The minimum Gasteiger partial charge on any atom is -0.473 e. The molecule has 4 rings (SSSR count). The van der Waals surface area contributed by atoms with E-state index in [-0.39, 0.29) is 0 Å². The number of carbonyl (C=O) groups excluding carboxylic acids is 2. The quantitative estimate of drug-likeness (QED) is 0.288. The number of nitrogens with zero attached hydrogens (tertiary/aromatic N) is 4. The molecule has 0 unspecified atom stereocenters. The number of aromatic nitrogens is 4. The highest BCUT2D eigenvalue weighted by molar-refractivity contribution is 6.27. The van der Waals surface area contributed by atoms with Crippen molar-refractivity contribution in [3.63, 3.8) is 0 Å². The summed E-state index contributed by atoms with van der Waals surface area (Å²) in [6.45, 7) is 1.40. The van der Waals surface area contributed by atoms with Crippen molar-refractivity contribution in [3.05, 3.63) is 108 Å². The van der Waals surface area contributed by atoms with Gasteiger partial charge in [-0.15, -0.1) is 0 Å². The van der Waals surface area contributed by atoms with Crippen LogP contribution in [-0.2, 0) is 22.7 Å². The summed E-state index contributed by atoms with van der Waals surface area (Å²) >= 11 is 0. The van der Waals surface area contributed by atoms with Crippen LogP contribution in [-0.4, -0.2) is 53.5 Å². The first-order valence-corrected chi connectivity index (χ1v) is 10.3. The van der Waals surface area contributed by atoms with E-state index in [4.69, 9.17) is 31.3 Å². The molecule has 12 nitrogen and oxygen atoms in total. The van der Waals surface area contributed by atoms with Crippen LogP contribution in [0.5, 0.6) is 0 Å². The van der Waals surface area contributed by atoms with E-state index in [0.29, 0.717) is 24.2 Å².